The summed E-state index contributed by atoms with van der Waals surface area (Å²) in [5.41, 5.74) is -0.940. The standard InChI is InChI=1S/C29H32N2O15/c32-9-19(36)24(41)22(39)17(34)7-30-26(43)13-3-1-11(5-15(13)28(30)45)21(38)12-2-4-14-16(6-12)29(46)31(27(14)44)8-18(35)23(40)25(42)20(37)10-33/h1-6,17-20,22-25,32-37,39-42H,7-10H2/t17-,18-,19+,20+,22+,23+,24+,25+/m0/s1. The largest absolute Gasteiger partial charge is 0.394 e. The number of ketones is 1. The molecule has 0 unspecified atom stereocenters. The van der Waals surface area contributed by atoms with Crippen LogP contribution in [0.25, 0.3) is 0 Å². The minimum absolute atomic E-state index is 0.104. The van der Waals surface area contributed by atoms with Gasteiger partial charge in [0.25, 0.3) is 23.6 Å². The molecule has 4 rings (SSSR count). The molecule has 8 atom stereocenters. The Morgan fingerprint density at radius 1 is 0.500 bits per heavy atom. The molecular formula is C29H32N2O15. The van der Waals surface area contributed by atoms with E-state index >= 15 is 0 Å². The summed E-state index contributed by atoms with van der Waals surface area (Å²) >= 11 is 0. The number of carbonyl (C=O) groups excluding carboxylic acids is 5. The predicted molar refractivity (Wildman–Crippen MR) is 149 cm³/mol. The molecule has 248 valence electrons. The second-order valence-corrected chi connectivity index (χ2v) is 10.9. The highest BCUT2D eigenvalue weighted by atomic mass is 16.4. The van der Waals surface area contributed by atoms with Gasteiger partial charge in [-0.15, -0.1) is 0 Å². The Morgan fingerprint density at radius 2 is 0.804 bits per heavy atom. The van der Waals surface area contributed by atoms with Crippen molar-refractivity contribution < 1.29 is 75.0 Å². The first-order valence-electron chi connectivity index (χ1n) is 13.9. The van der Waals surface area contributed by atoms with Crippen molar-refractivity contribution >= 4 is 29.4 Å². The van der Waals surface area contributed by atoms with E-state index in [9.17, 15) is 64.8 Å². The third-order valence-electron chi connectivity index (χ3n) is 7.86. The molecule has 4 amide bonds. The van der Waals surface area contributed by atoms with Crippen LogP contribution in [-0.2, 0) is 0 Å². The monoisotopic (exact) mass is 648 g/mol. The van der Waals surface area contributed by atoms with Crippen molar-refractivity contribution in [3.63, 3.8) is 0 Å². The first-order chi connectivity index (χ1) is 21.6. The van der Waals surface area contributed by atoms with E-state index in [1.807, 2.05) is 0 Å². The molecule has 17 heteroatoms. The van der Waals surface area contributed by atoms with Crippen LogP contribution in [0.4, 0.5) is 0 Å². The summed E-state index contributed by atoms with van der Waals surface area (Å²) in [6, 6.07) is 6.99. The summed E-state index contributed by atoms with van der Waals surface area (Å²) in [6.45, 7) is -3.46. The van der Waals surface area contributed by atoms with Gasteiger partial charge in [0.2, 0.25) is 0 Å². The van der Waals surface area contributed by atoms with Gasteiger partial charge in [0, 0.05) is 11.1 Å². The van der Waals surface area contributed by atoms with E-state index in [0.29, 0.717) is 9.80 Å². The van der Waals surface area contributed by atoms with E-state index in [1.54, 1.807) is 0 Å². The second kappa shape index (κ2) is 13.8. The van der Waals surface area contributed by atoms with Crippen LogP contribution in [0.3, 0.4) is 0 Å². The predicted octanol–water partition coefficient (Wildman–Crippen LogP) is -5.02. The summed E-state index contributed by atoms with van der Waals surface area (Å²) in [4.78, 5) is 66.2. The van der Waals surface area contributed by atoms with Gasteiger partial charge in [0.1, 0.15) is 48.8 Å². The normalized spacial score (nSPS) is 19.8. The Bertz CT molecular complexity index is 1430. The summed E-state index contributed by atoms with van der Waals surface area (Å²) in [7, 11) is 0. The van der Waals surface area contributed by atoms with Crippen molar-refractivity contribution in [1.29, 1.82) is 0 Å². The van der Waals surface area contributed by atoms with Gasteiger partial charge < -0.3 is 51.1 Å². The van der Waals surface area contributed by atoms with E-state index in [4.69, 9.17) is 10.2 Å². The molecule has 10 N–H and O–H groups in total. The fourth-order valence-electron chi connectivity index (χ4n) is 5.08. The zero-order valence-electron chi connectivity index (χ0n) is 23.8. The number of aliphatic hydroxyl groups is 10. The Kier molecular flexibility index (Phi) is 10.4. The molecule has 2 aliphatic heterocycles. The quantitative estimate of drug-likeness (QED) is 0.0678. The van der Waals surface area contributed by atoms with Crippen LogP contribution in [0.15, 0.2) is 36.4 Å². The summed E-state index contributed by atoms with van der Waals surface area (Å²) < 4.78 is 0. The fourth-order valence-corrected chi connectivity index (χ4v) is 5.08. The Morgan fingerprint density at radius 3 is 1.13 bits per heavy atom. The Hall–Kier alpha value is -4.01. The first kappa shape index (κ1) is 34.9. The van der Waals surface area contributed by atoms with Crippen LogP contribution in [-0.4, -0.2) is 165 Å². The molecule has 2 heterocycles. The lowest BCUT2D eigenvalue weighted by molar-refractivity contribution is -0.116. The van der Waals surface area contributed by atoms with Gasteiger partial charge in [-0.3, -0.25) is 33.8 Å². The molecule has 2 aliphatic rings. The van der Waals surface area contributed by atoms with Crippen molar-refractivity contribution in [2.45, 2.75) is 48.8 Å². The smallest absolute Gasteiger partial charge is 0.261 e. The maximum atomic E-state index is 13.3. The maximum Gasteiger partial charge on any atom is 0.261 e. The van der Waals surface area contributed by atoms with Crippen molar-refractivity contribution in [2.24, 2.45) is 0 Å². The lowest BCUT2D eigenvalue weighted by Gasteiger charge is -2.27. The number of imide groups is 2. The molecule has 0 fully saturated rings. The van der Waals surface area contributed by atoms with Gasteiger partial charge in [0.15, 0.2) is 5.78 Å². The molecular weight excluding hydrogens is 616 g/mol. The average molecular weight is 649 g/mol. The van der Waals surface area contributed by atoms with Crippen molar-refractivity contribution in [3.05, 3.63) is 69.8 Å². The van der Waals surface area contributed by atoms with Gasteiger partial charge in [-0.25, -0.2) is 0 Å². The van der Waals surface area contributed by atoms with E-state index in [2.05, 4.69) is 0 Å². The molecule has 2 aromatic carbocycles. The van der Waals surface area contributed by atoms with Crippen LogP contribution < -0.4 is 0 Å². The molecule has 0 spiro atoms. The van der Waals surface area contributed by atoms with Crippen molar-refractivity contribution in [3.8, 4) is 0 Å². The lowest BCUT2D eigenvalue weighted by atomic mass is 9.96. The minimum Gasteiger partial charge on any atom is -0.394 e. The Labute approximate surface area is 259 Å². The zero-order valence-corrected chi connectivity index (χ0v) is 23.8. The van der Waals surface area contributed by atoms with Crippen LogP contribution in [0.1, 0.15) is 57.4 Å². The number of fused-ring (bicyclic) bond motifs is 2. The topological polar surface area (TPSA) is 294 Å². The summed E-state index contributed by atoms with van der Waals surface area (Å²) in [6.07, 6.45) is -15.5. The highest BCUT2D eigenvalue weighted by molar-refractivity contribution is 6.24. The van der Waals surface area contributed by atoms with Crippen LogP contribution >= 0.6 is 0 Å². The van der Waals surface area contributed by atoms with E-state index in [0.717, 1.165) is 12.1 Å². The molecule has 0 aromatic heterocycles. The molecule has 0 saturated heterocycles. The number of benzene rings is 2. The van der Waals surface area contributed by atoms with Crippen molar-refractivity contribution in [2.75, 3.05) is 26.3 Å². The maximum absolute atomic E-state index is 13.3. The second-order valence-electron chi connectivity index (χ2n) is 10.9. The zero-order chi connectivity index (χ0) is 34.2. The number of nitrogens with zero attached hydrogens (tertiary/aromatic N) is 2. The molecule has 0 aliphatic carbocycles. The lowest BCUT2D eigenvalue weighted by Crippen LogP contribution is -2.50. The van der Waals surface area contributed by atoms with E-state index in [-0.39, 0.29) is 33.4 Å². The van der Waals surface area contributed by atoms with Gasteiger partial charge >= 0.3 is 0 Å². The van der Waals surface area contributed by atoms with Crippen LogP contribution in [0.5, 0.6) is 0 Å². The molecule has 17 nitrogen and oxygen atoms in total. The van der Waals surface area contributed by atoms with Crippen LogP contribution in [0.2, 0.25) is 0 Å². The number of hydrogen-bond donors (Lipinski definition) is 10. The van der Waals surface area contributed by atoms with E-state index < -0.39 is 105 Å². The molecule has 0 radical (unpaired) electrons. The number of aliphatic hydroxyl groups excluding tert-OH is 10. The molecule has 46 heavy (non-hydrogen) atoms. The van der Waals surface area contributed by atoms with Gasteiger partial charge in [-0.2, -0.15) is 0 Å². The minimum atomic E-state index is -2.03. The number of hydrogen-bond acceptors (Lipinski definition) is 15. The number of carbonyl (C=O) groups is 5. The van der Waals surface area contributed by atoms with Gasteiger partial charge in [-0.1, -0.05) is 12.1 Å². The average Bonchev–Trinajstić information content (AvgIpc) is 3.44. The number of amides is 4. The first-order valence-corrected chi connectivity index (χ1v) is 13.9. The highest BCUT2D eigenvalue weighted by Crippen LogP contribution is 2.28. The molecule has 0 saturated carbocycles. The molecule has 0 bridgehead atoms. The number of rotatable bonds is 14. The SMILES string of the molecule is O=C(c1ccc2c(c1)C(=O)N(C[C@H](O)[C@@H](O)[C@H](O)[C@H](O)CO)C2=O)c1ccc2c(c1)C(=O)N(C[C@H](O)[C@@H](O)[C@H](O)[C@H](O)CO)C2=O. The Balaban J connectivity index is 1.50. The number of β-amino-alcohol motifs (C(OH)–C–C–N with tert-alkyl or cyclic N) is 2. The third-order valence-corrected chi connectivity index (χ3v) is 7.86. The fraction of sp³-hybridized carbons (Fsp3) is 0.414. The summed E-state index contributed by atoms with van der Waals surface area (Å²) in [5.74, 6) is -4.37. The van der Waals surface area contributed by atoms with Gasteiger partial charge in [0.05, 0.1) is 48.6 Å². The van der Waals surface area contributed by atoms with Crippen LogP contribution in [0, 0.1) is 0 Å². The third kappa shape index (κ3) is 6.33. The molecule has 2 aromatic rings. The van der Waals surface area contributed by atoms with Gasteiger partial charge in [-0.05, 0) is 24.3 Å². The highest BCUT2D eigenvalue weighted by Gasteiger charge is 2.42. The van der Waals surface area contributed by atoms with Crippen molar-refractivity contribution in [1.82, 2.24) is 9.80 Å². The van der Waals surface area contributed by atoms with E-state index in [1.165, 1.54) is 24.3 Å². The summed E-state index contributed by atoms with van der Waals surface area (Å²) in [5, 5.41) is 97.1.